The van der Waals surface area contributed by atoms with Gasteiger partial charge in [0, 0.05) is 17.1 Å². The Morgan fingerprint density at radius 1 is 1.08 bits per heavy atom. The molecule has 0 saturated heterocycles. The highest BCUT2D eigenvalue weighted by Crippen LogP contribution is 2.36. The van der Waals surface area contributed by atoms with Crippen LogP contribution >= 0.6 is 0 Å². The molecule has 1 amide bonds. The lowest BCUT2D eigenvalue weighted by Crippen LogP contribution is -2.29. The van der Waals surface area contributed by atoms with Gasteiger partial charge in [-0.15, -0.1) is 0 Å². The topological polar surface area (TPSA) is 111 Å². The first kappa shape index (κ1) is 24.3. The number of hydrogen-bond acceptors (Lipinski definition) is 8. The van der Waals surface area contributed by atoms with E-state index in [1.54, 1.807) is 18.3 Å². The number of benzene rings is 2. The summed E-state index contributed by atoms with van der Waals surface area (Å²) in [5, 5.41) is 3.73. The van der Waals surface area contributed by atoms with E-state index in [1.807, 2.05) is 37.3 Å². The fourth-order valence-corrected chi connectivity index (χ4v) is 6.09. The molecule has 0 saturated carbocycles. The van der Waals surface area contributed by atoms with Crippen LogP contribution in [0.1, 0.15) is 27.2 Å². The van der Waals surface area contributed by atoms with Crippen LogP contribution in [0.15, 0.2) is 65.7 Å². The SMILES string of the molecule is Cc1ccc2c(c1)OCCN2c1ccc2cnc(CNC(=O)c3ccc4c(c3)S(=O)(=O)CCOC4)cc2n1. The van der Waals surface area contributed by atoms with E-state index in [0.717, 1.165) is 33.7 Å². The van der Waals surface area contributed by atoms with Gasteiger partial charge < -0.3 is 19.7 Å². The van der Waals surface area contributed by atoms with Crippen LogP contribution in [-0.4, -0.2) is 49.8 Å². The maximum absolute atomic E-state index is 12.9. The predicted molar refractivity (Wildman–Crippen MR) is 143 cm³/mol. The van der Waals surface area contributed by atoms with Gasteiger partial charge in [-0.05, 0) is 60.5 Å². The van der Waals surface area contributed by atoms with Crippen molar-refractivity contribution in [2.75, 3.05) is 30.4 Å². The number of pyridine rings is 2. The highest BCUT2D eigenvalue weighted by Gasteiger charge is 2.24. The lowest BCUT2D eigenvalue weighted by molar-refractivity contribution is 0.0950. The summed E-state index contributed by atoms with van der Waals surface area (Å²) in [6.07, 6.45) is 1.74. The first-order chi connectivity index (χ1) is 18.4. The molecule has 10 heteroatoms. The quantitative estimate of drug-likeness (QED) is 0.425. The highest BCUT2D eigenvalue weighted by atomic mass is 32.2. The van der Waals surface area contributed by atoms with Gasteiger partial charge in [-0.3, -0.25) is 9.78 Å². The van der Waals surface area contributed by atoms with E-state index in [0.29, 0.717) is 24.4 Å². The van der Waals surface area contributed by atoms with E-state index < -0.39 is 9.84 Å². The van der Waals surface area contributed by atoms with Gasteiger partial charge in [-0.2, -0.15) is 0 Å². The highest BCUT2D eigenvalue weighted by molar-refractivity contribution is 7.91. The second-order valence-electron chi connectivity index (χ2n) is 9.39. The van der Waals surface area contributed by atoms with Gasteiger partial charge in [0.25, 0.3) is 5.91 Å². The molecule has 38 heavy (non-hydrogen) atoms. The number of nitrogens with zero attached hydrogens (tertiary/aromatic N) is 3. The maximum atomic E-state index is 12.9. The molecule has 0 atom stereocenters. The Bertz CT molecular complexity index is 1670. The number of carbonyl (C=O) groups is 1. The second kappa shape index (κ2) is 9.70. The summed E-state index contributed by atoms with van der Waals surface area (Å²) in [5.74, 6) is 1.17. The number of anilines is 2. The number of sulfone groups is 1. The van der Waals surface area contributed by atoms with Crippen molar-refractivity contribution >= 4 is 38.2 Å². The third-order valence-electron chi connectivity index (χ3n) is 6.72. The van der Waals surface area contributed by atoms with E-state index in [4.69, 9.17) is 14.5 Å². The van der Waals surface area contributed by atoms with Crippen molar-refractivity contribution < 1.29 is 22.7 Å². The molecule has 0 bridgehead atoms. The third-order valence-corrected chi connectivity index (χ3v) is 8.47. The number of aryl methyl sites for hydroxylation is 1. The number of rotatable bonds is 4. The second-order valence-corrected chi connectivity index (χ2v) is 11.5. The first-order valence-corrected chi connectivity index (χ1v) is 14.0. The molecule has 0 radical (unpaired) electrons. The maximum Gasteiger partial charge on any atom is 0.251 e. The van der Waals surface area contributed by atoms with E-state index >= 15 is 0 Å². The molecule has 0 spiro atoms. The molecule has 6 rings (SSSR count). The number of amides is 1. The number of nitrogens with one attached hydrogen (secondary N) is 1. The predicted octanol–water partition coefficient (Wildman–Crippen LogP) is 3.70. The van der Waals surface area contributed by atoms with Gasteiger partial charge in [0.2, 0.25) is 0 Å². The monoisotopic (exact) mass is 530 g/mol. The molecular formula is C28H26N4O5S. The van der Waals surface area contributed by atoms with Crippen LogP contribution in [0.2, 0.25) is 0 Å². The minimum Gasteiger partial charge on any atom is -0.490 e. The molecule has 0 aliphatic carbocycles. The molecule has 1 N–H and O–H groups in total. The summed E-state index contributed by atoms with van der Waals surface area (Å²) in [6, 6.07) is 16.6. The number of fused-ring (bicyclic) bond motifs is 3. The van der Waals surface area contributed by atoms with Crippen molar-refractivity contribution in [1.82, 2.24) is 15.3 Å². The van der Waals surface area contributed by atoms with E-state index in [-0.39, 0.29) is 41.9 Å². The molecule has 2 aromatic carbocycles. The zero-order valence-corrected chi connectivity index (χ0v) is 21.6. The number of hydrogen-bond donors (Lipinski definition) is 1. The Morgan fingerprint density at radius 3 is 2.87 bits per heavy atom. The van der Waals surface area contributed by atoms with Crippen LogP contribution in [0, 0.1) is 6.92 Å². The van der Waals surface area contributed by atoms with Crippen LogP contribution < -0.4 is 15.0 Å². The van der Waals surface area contributed by atoms with Gasteiger partial charge in [0.05, 0.1) is 53.8 Å². The van der Waals surface area contributed by atoms with Gasteiger partial charge in [-0.25, -0.2) is 13.4 Å². The molecule has 2 aliphatic rings. The van der Waals surface area contributed by atoms with E-state index in [9.17, 15) is 13.2 Å². The van der Waals surface area contributed by atoms with Crippen LogP contribution in [0.3, 0.4) is 0 Å². The molecule has 4 aromatic rings. The van der Waals surface area contributed by atoms with Crippen molar-refractivity contribution in [2.45, 2.75) is 25.0 Å². The van der Waals surface area contributed by atoms with Crippen molar-refractivity contribution in [3.8, 4) is 5.75 Å². The van der Waals surface area contributed by atoms with Crippen molar-refractivity contribution in [2.24, 2.45) is 0 Å². The minimum absolute atomic E-state index is 0.100. The zero-order valence-electron chi connectivity index (χ0n) is 20.8. The van der Waals surface area contributed by atoms with Crippen LogP contribution in [0.25, 0.3) is 10.9 Å². The first-order valence-electron chi connectivity index (χ1n) is 12.4. The van der Waals surface area contributed by atoms with Crippen LogP contribution in [0.5, 0.6) is 5.75 Å². The third kappa shape index (κ3) is 4.68. The van der Waals surface area contributed by atoms with E-state index in [1.165, 1.54) is 6.07 Å². The zero-order chi connectivity index (χ0) is 26.3. The largest absolute Gasteiger partial charge is 0.490 e. The van der Waals surface area contributed by atoms with Crippen LogP contribution in [-0.2, 0) is 27.7 Å². The molecule has 2 aliphatic heterocycles. The fraction of sp³-hybridized carbons (Fsp3) is 0.250. The smallest absolute Gasteiger partial charge is 0.251 e. The molecule has 0 fully saturated rings. The van der Waals surface area contributed by atoms with Crippen LogP contribution in [0.4, 0.5) is 11.5 Å². The van der Waals surface area contributed by atoms with E-state index in [2.05, 4.69) is 21.3 Å². The normalized spacial score (nSPS) is 16.2. The number of aromatic nitrogens is 2. The molecule has 0 unspecified atom stereocenters. The number of ether oxygens (including phenoxy) is 2. The summed E-state index contributed by atoms with van der Waals surface area (Å²) in [4.78, 5) is 24.5. The van der Waals surface area contributed by atoms with Gasteiger partial charge in [0.1, 0.15) is 18.2 Å². The Hall–Kier alpha value is -4.02. The summed E-state index contributed by atoms with van der Waals surface area (Å²) in [7, 11) is -3.50. The molecule has 2 aromatic heterocycles. The minimum atomic E-state index is -3.50. The Morgan fingerprint density at radius 2 is 1.97 bits per heavy atom. The molecule has 194 valence electrons. The lowest BCUT2D eigenvalue weighted by Gasteiger charge is -2.30. The fourth-order valence-electron chi connectivity index (χ4n) is 4.70. The van der Waals surface area contributed by atoms with Crippen molar-refractivity contribution in [1.29, 1.82) is 0 Å². The Labute approximate surface area is 220 Å². The molecular weight excluding hydrogens is 504 g/mol. The Kier molecular flexibility index (Phi) is 6.21. The van der Waals surface area contributed by atoms with Gasteiger partial charge in [-0.1, -0.05) is 12.1 Å². The lowest BCUT2D eigenvalue weighted by atomic mass is 10.1. The number of carbonyl (C=O) groups excluding carboxylic acids is 1. The molecule has 4 heterocycles. The average Bonchev–Trinajstić information content (AvgIpc) is 3.08. The summed E-state index contributed by atoms with van der Waals surface area (Å²) in [6.45, 7) is 3.81. The summed E-state index contributed by atoms with van der Waals surface area (Å²) >= 11 is 0. The van der Waals surface area contributed by atoms with Gasteiger partial charge >= 0.3 is 0 Å². The summed E-state index contributed by atoms with van der Waals surface area (Å²) < 4.78 is 36.3. The average molecular weight is 531 g/mol. The molecule has 9 nitrogen and oxygen atoms in total. The Balaban J connectivity index is 1.22. The summed E-state index contributed by atoms with van der Waals surface area (Å²) in [5.41, 5.74) is 4.36. The standard InChI is InChI=1S/C28H26N4O5S/c1-18-2-6-24-25(12-18)37-9-8-32(24)27-7-5-20-15-29-22(14-23(20)31-27)16-30-28(33)19-3-4-21-17-36-10-11-38(34,35)26(21)13-19/h2-7,12-15H,8-11,16-17H2,1H3,(H,30,33). The van der Waals surface area contributed by atoms with Gasteiger partial charge in [0.15, 0.2) is 9.84 Å². The van der Waals surface area contributed by atoms with Crippen molar-refractivity contribution in [3.63, 3.8) is 0 Å². The van der Waals surface area contributed by atoms with Crippen molar-refractivity contribution in [3.05, 3.63) is 83.2 Å².